The Hall–Kier alpha value is -1.64. The summed E-state index contributed by atoms with van der Waals surface area (Å²) < 4.78 is 2.27. The second-order valence-electron chi connectivity index (χ2n) is 4.60. The maximum Gasteiger partial charge on any atom is 0.163 e. The largest absolute Gasteiger partial charge is 0.311 e. The fraction of sp³-hybridized carbons (Fsp3) is 0.429. The zero-order valence-corrected chi connectivity index (χ0v) is 10.2. The zero-order valence-electron chi connectivity index (χ0n) is 10.2. The quantitative estimate of drug-likeness (QED) is 0.789. The lowest BCUT2D eigenvalue weighted by Crippen LogP contribution is -2.11. The van der Waals surface area contributed by atoms with Crippen molar-refractivity contribution in [2.75, 3.05) is 0 Å². The molecule has 1 aromatic carbocycles. The molecular formula is C14H17N3. The van der Waals surface area contributed by atoms with E-state index in [9.17, 15) is 0 Å². The van der Waals surface area contributed by atoms with Gasteiger partial charge in [-0.3, -0.25) is 0 Å². The fourth-order valence-corrected chi connectivity index (χ4v) is 2.41. The SMILES string of the molecule is CCc1ccc(-c2nnc3n2CCCC3)cc1. The molecule has 88 valence electrons. The van der Waals surface area contributed by atoms with E-state index in [0.717, 1.165) is 31.0 Å². The van der Waals surface area contributed by atoms with Gasteiger partial charge in [0.25, 0.3) is 0 Å². The van der Waals surface area contributed by atoms with Crippen molar-refractivity contribution in [3.05, 3.63) is 35.7 Å². The molecule has 3 nitrogen and oxygen atoms in total. The lowest BCUT2D eigenvalue weighted by Gasteiger charge is -2.14. The van der Waals surface area contributed by atoms with Crippen LogP contribution in [0.3, 0.4) is 0 Å². The summed E-state index contributed by atoms with van der Waals surface area (Å²) in [7, 11) is 0. The van der Waals surface area contributed by atoms with E-state index in [0.29, 0.717) is 0 Å². The van der Waals surface area contributed by atoms with Crippen molar-refractivity contribution in [3.8, 4) is 11.4 Å². The van der Waals surface area contributed by atoms with Crippen LogP contribution in [-0.4, -0.2) is 14.8 Å². The molecule has 0 saturated carbocycles. The monoisotopic (exact) mass is 227 g/mol. The van der Waals surface area contributed by atoms with Crippen LogP contribution in [0.25, 0.3) is 11.4 Å². The maximum absolute atomic E-state index is 4.34. The van der Waals surface area contributed by atoms with E-state index in [2.05, 4.69) is 46.0 Å². The Labute approximate surface area is 101 Å². The molecule has 2 aromatic rings. The number of aromatic nitrogens is 3. The zero-order chi connectivity index (χ0) is 11.7. The van der Waals surface area contributed by atoms with Crippen LogP contribution in [-0.2, 0) is 19.4 Å². The number of hydrogen-bond acceptors (Lipinski definition) is 2. The Balaban J connectivity index is 2.00. The van der Waals surface area contributed by atoms with Gasteiger partial charge in [-0.15, -0.1) is 10.2 Å². The number of nitrogens with zero attached hydrogens (tertiary/aromatic N) is 3. The first-order valence-electron chi connectivity index (χ1n) is 6.40. The van der Waals surface area contributed by atoms with Crippen molar-refractivity contribution < 1.29 is 0 Å². The number of rotatable bonds is 2. The Morgan fingerprint density at radius 3 is 2.71 bits per heavy atom. The molecule has 1 aliphatic heterocycles. The van der Waals surface area contributed by atoms with Crippen molar-refractivity contribution in [1.29, 1.82) is 0 Å². The van der Waals surface area contributed by atoms with Gasteiger partial charge in [0.05, 0.1) is 0 Å². The summed E-state index contributed by atoms with van der Waals surface area (Å²) in [4.78, 5) is 0. The van der Waals surface area contributed by atoms with Gasteiger partial charge in [-0.25, -0.2) is 0 Å². The van der Waals surface area contributed by atoms with E-state index in [1.807, 2.05) is 0 Å². The molecule has 2 heterocycles. The summed E-state index contributed by atoms with van der Waals surface area (Å²) in [5, 5.41) is 8.63. The molecule has 3 rings (SSSR count). The Morgan fingerprint density at radius 2 is 1.94 bits per heavy atom. The van der Waals surface area contributed by atoms with Crippen molar-refractivity contribution in [3.63, 3.8) is 0 Å². The van der Waals surface area contributed by atoms with Crippen LogP contribution in [0.1, 0.15) is 31.2 Å². The van der Waals surface area contributed by atoms with E-state index in [-0.39, 0.29) is 0 Å². The van der Waals surface area contributed by atoms with Crippen LogP contribution in [0.2, 0.25) is 0 Å². The standard InChI is InChI=1S/C14H17N3/c1-2-11-6-8-12(9-7-11)14-16-15-13-5-3-4-10-17(13)14/h6-9H,2-5,10H2,1H3. The first-order chi connectivity index (χ1) is 8.38. The van der Waals surface area contributed by atoms with Crippen molar-refractivity contribution in [2.24, 2.45) is 0 Å². The molecule has 0 N–H and O–H groups in total. The van der Waals surface area contributed by atoms with Gasteiger partial charge in [0.1, 0.15) is 5.82 Å². The molecule has 3 heteroatoms. The molecule has 0 saturated heterocycles. The summed E-state index contributed by atoms with van der Waals surface area (Å²) in [6.07, 6.45) is 4.64. The third kappa shape index (κ3) is 1.86. The predicted octanol–water partition coefficient (Wildman–Crippen LogP) is 2.84. The molecule has 1 aromatic heterocycles. The molecule has 0 atom stereocenters. The molecule has 0 spiro atoms. The number of aryl methyl sites for hydroxylation is 2. The first-order valence-corrected chi connectivity index (χ1v) is 6.40. The second kappa shape index (κ2) is 4.32. The van der Waals surface area contributed by atoms with E-state index in [4.69, 9.17) is 0 Å². The Bertz CT molecular complexity index is 511. The van der Waals surface area contributed by atoms with Crippen molar-refractivity contribution in [2.45, 2.75) is 39.2 Å². The van der Waals surface area contributed by atoms with Gasteiger partial charge in [0, 0.05) is 18.5 Å². The molecule has 0 bridgehead atoms. The fourth-order valence-electron chi connectivity index (χ4n) is 2.41. The average Bonchev–Trinajstić information content (AvgIpc) is 2.83. The lowest BCUT2D eigenvalue weighted by atomic mass is 10.1. The van der Waals surface area contributed by atoms with Crippen LogP contribution in [0.4, 0.5) is 0 Å². The smallest absolute Gasteiger partial charge is 0.163 e. The topological polar surface area (TPSA) is 30.7 Å². The van der Waals surface area contributed by atoms with E-state index in [1.165, 1.54) is 24.0 Å². The molecule has 17 heavy (non-hydrogen) atoms. The lowest BCUT2D eigenvalue weighted by molar-refractivity contribution is 0.526. The number of fused-ring (bicyclic) bond motifs is 1. The third-order valence-electron chi connectivity index (χ3n) is 3.48. The molecule has 0 aliphatic carbocycles. The molecule has 0 amide bonds. The summed E-state index contributed by atoms with van der Waals surface area (Å²) in [6, 6.07) is 8.68. The first kappa shape index (κ1) is 10.5. The minimum atomic E-state index is 1.03. The van der Waals surface area contributed by atoms with Gasteiger partial charge >= 0.3 is 0 Å². The third-order valence-corrected chi connectivity index (χ3v) is 3.48. The minimum absolute atomic E-state index is 1.03. The van der Waals surface area contributed by atoms with Crippen molar-refractivity contribution >= 4 is 0 Å². The molecule has 0 unspecified atom stereocenters. The Kier molecular flexibility index (Phi) is 2.67. The maximum atomic E-state index is 4.34. The van der Waals surface area contributed by atoms with Gasteiger partial charge in [-0.1, -0.05) is 31.2 Å². The molecule has 0 radical (unpaired) electrons. The van der Waals surface area contributed by atoms with E-state index < -0.39 is 0 Å². The van der Waals surface area contributed by atoms with Crippen LogP contribution >= 0.6 is 0 Å². The highest BCUT2D eigenvalue weighted by Gasteiger charge is 2.16. The van der Waals surface area contributed by atoms with Gasteiger partial charge in [-0.05, 0) is 24.8 Å². The van der Waals surface area contributed by atoms with Gasteiger partial charge in [-0.2, -0.15) is 0 Å². The summed E-state index contributed by atoms with van der Waals surface area (Å²) in [6.45, 7) is 3.24. The predicted molar refractivity (Wildman–Crippen MR) is 67.8 cm³/mol. The van der Waals surface area contributed by atoms with Gasteiger partial charge in [0.2, 0.25) is 0 Å². The second-order valence-corrected chi connectivity index (χ2v) is 4.60. The van der Waals surface area contributed by atoms with Crippen LogP contribution in [0.15, 0.2) is 24.3 Å². The van der Waals surface area contributed by atoms with E-state index in [1.54, 1.807) is 0 Å². The summed E-state index contributed by atoms with van der Waals surface area (Å²) >= 11 is 0. The van der Waals surface area contributed by atoms with Crippen molar-refractivity contribution in [1.82, 2.24) is 14.8 Å². The van der Waals surface area contributed by atoms with Gasteiger partial charge < -0.3 is 4.57 Å². The molecular weight excluding hydrogens is 210 g/mol. The van der Waals surface area contributed by atoms with Gasteiger partial charge in [0.15, 0.2) is 5.82 Å². The molecule has 1 aliphatic rings. The highest BCUT2D eigenvalue weighted by atomic mass is 15.3. The number of hydrogen-bond donors (Lipinski definition) is 0. The minimum Gasteiger partial charge on any atom is -0.311 e. The van der Waals surface area contributed by atoms with Crippen LogP contribution < -0.4 is 0 Å². The molecule has 0 fully saturated rings. The highest BCUT2D eigenvalue weighted by molar-refractivity contribution is 5.56. The summed E-state index contributed by atoms with van der Waals surface area (Å²) in [5.41, 5.74) is 2.55. The van der Waals surface area contributed by atoms with Crippen LogP contribution in [0.5, 0.6) is 0 Å². The van der Waals surface area contributed by atoms with Crippen LogP contribution in [0, 0.1) is 0 Å². The van der Waals surface area contributed by atoms with E-state index >= 15 is 0 Å². The average molecular weight is 227 g/mol. The normalized spacial score (nSPS) is 14.6. The summed E-state index contributed by atoms with van der Waals surface area (Å²) in [5.74, 6) is 2.17. The Morgan fingerprint density at radius 1 is 1.12 bits per heavy atom. The number of benzene rings is 1. The highest BCUT2D eigenvalue weighted by Crippen LogP contribution is 2.23.